The summed E-state index contributed by atoms with van der Waals surface area (Å²) in [5, 5.41) is 3.34. The Balaban J connectivity index is 2.05. The molecule has 5 heteroatoms. The number of nitrogens with one attached hydrogen (secondary N) is 2. The average Bonchev–Trinajstić information content (AvgIpc) is 2.90. The lowest BCUT2D eigenvalue weighted by atomic mass is 10.1. The van der Waals surface area contributed by atoms with E-state index in [4.69, 9.17) is 0 Å². The molecule has 0 atom stereocenters. The van der Waals surface area contributed by atoms with E-state index in [1.807, 2.05) is 6.07 Å². The molecule has 0 aliphatic carbocycles. The van der Waals surface area contributed by atoms with Gasteiger partial charge in [-0.25, -0.2) is 4.79 Å². The number of methoxy groups -OCH3 is 1. The van der Waals surface area contributed by atoms with Crippen LogP contribution in [0, 0.1) is 13.8 Å². The molecule has 0 saturated carbocycles. The number of hydrogen-bond acceptors (Lipinski definition) is 3. The van der Waals surface area contributed by atoms with Gasteiger partial charge in [0.25, 0.3) is 0 Å². The van der Waals surface area contributed by atoms with E-state index in [1.54, 1.807) is 6.07 Å². The fourth-order valence-corrected chi connectivity index (χ4v) is 2.25. The molecular weight excluding hydrogens is 320 g/mol. The number of esters is 1. The summed E-state index contributed by atoms with van der Waals surface area (Å²) in [5.41, 5.74) is 4.83. The Labute approximate surface area is 126 Å². The number of halogens is 1. The van der Waals surface area contributed by atoms with Crippen molar-refractivity contribution < 1.29 is 9.53 Å². The summed E-state index contributed by atoms with van der Waals surface area (Å²) in [6.45, 7) is 4.75. The number of anilines is 1. The Bertz CT molecular complexity index is 612. The quantitative estimate of drug-likeness (QED) is 0.835. The first-order valence-corrected chi connectivity index (χ1v) is 7.07. The number of rotatable bonds is 4. The Kier molecular flexibility index (Phi) is 4.49. The van der Waals surface area contributed by atoms with Gasteiger partial charge >= 0.3 is 5.97 Å². The van der Waals surface area contributed by atoms with Crippen molar-refractivity contribution in [3.8, 4) is 0 Å². The number of benzene rings is 1. The van der Waals surface area contributed by atoms with Crippen LogP contribution < -0.4 is 5.32 Å². The van der Waals surface area contributed by atoms with E-state index >= 15 is 0 Å². The zero-order valence-corrected chi connectivity index (χ0v) is 13.3. The first-order valence-electron chi connectivity index (χ1n) is 6.28. The van der Waals surface area contributed by atoms with Gasteiger partial charge in [-0.1, -0.05) is 15.9 Å². The van der Waals surface area contributed by atoms with Crippen molar-refractivity contribution in [1.82, 2.24) is 4.98 Å². The molecular formula is C15H17BrN2O2. The summed E-state index contributed by atoms with van der Waals surface area (Å²) >= 11 is 3.55. The van der Waals surface area contributed by atoms with E-state index < -0.39 is 0 Å². The topological polar surface area (TPSA) is 54.1 Å². The largest absolute Gasteiger partial charge is 0.464 e. The molecule has 2 rings (SSSR count). The third kappa shape index (κ3) is 3.22. The SMILES string of the molecule is COC(=O)c1ccc(CNc2cc(C)c(Br)c(C)c2)[nH]1. The number of H-pyrrole nitrogens is 1. The van der Waals surface area contributed by atoms with Gasteiger partial charge in [-0.15, -0.1) is 0 Å². The maximum atomic E-state index is 11.3. The van der Waals surface area contributed by atoms with Crippen LogP contribution in [-0.2, 0) is 11.3 Å². The highest BCUT2D eigenvalue weighted by Gasteiger charge is 2.08. The highest BCUT2D eigenvalue weighted by molar-refractivity contribution is 9.10. The second-order valence-corrected chi connectivity index (χ2v) is 5.46. The van der Waals surface area contributed by atoms with Crippen LogP contribution in [0.4, 0.5) is 5.69 Å². The summed E-state index contributed by atoms with van der Waals surface area (Å²) in [6, 6.07) is 7.77. The van der Waals surface area contributed by atoms with E-state index in [0.717, 1.165) is 15.9 Å². The lowest BCUT2D eigenvalue weighted by Gasteiger charge is -2.10. The predicted octanol–water partition coefficient (Wildman–Crippen LogP) is 3.79. The molecule has 0 saturated heterocycles. The fraction of sp³-hybridized carbons (Fsp3) is 0.267. The first kappa shape index (κ1) is 14.7. The van der Waals surface area contributed by atoms with Crippen molar-refractivity contribution in [2.45, 2.75) is 20.4 Å². The van der Waals surface area contributed by atoms with Gasteiger partial charge in [0.1, 0.15) is 5.69 Å². The normalized spacial score (nSPS) is 10.4. The van der Waals surface area contributed by atoms with Gasteiger partial charge in [-0.3, -0.25) is 0 Å². The maximum Gasteiger partial charge on any atom is 0.354 e. The van der Waals surface area contributed by atoms with E-state index in [1.165, 1.54) is 18.2 Å². The number of aromatic nitrogens is 1. The van der Waals surface area contributed by atoms with Crippen LogP contribution in [0.1, 0.15) is 27.3 Å². The van der Waals surface area contributed by atoms with E-state index in [9.17, 15) is 4.79 Å². The van der Waals surface area contributed by atoms with Crippen LogP contribution in [0.3, 0.4) is 0 Å². The highest BCUT2D eigenvalue weighted by Crippen LogP contribution is 2.25. The Hall–Kier alpha value is -1.75. The zero-order valence-electron chi connectivity index (χ0n) is 11.7. The van der Waals surface area contributed by atoms with Crippen LogP contribution in [0.25, 0.3) is 0 Å². The van der Waals surface area contributed by atoms with Crippen LogP contribution in [0.5, 0.6) is 0 Å². The van der Waals surface area contributed by atoms with Crippen LogP contribution >= 0.6 is 15.9 Å². The van der Waals surface area contributed by atoms with E-state index in [0.29, 0.717) is 12.2 Å². The summed E-state index contributed by atoms with van der Waals surface area (Å²) < 4.78 is 5.80. The Morgan fingerprint density at radius 1 is 1.30 bits per heavy atom. The van der Waals surface area contributed by atoms with Crippen LogP contribution in [0.2, 0.25) is 0 Å². The van der Waals surface area contributed by atoms with Gasteiger partial charge in [0, 0.05) is 15.9 Å². The molecule has 2 N–H and O–H groups in total. The third-order valence-electron chi connectivity index (χ3n) is 3.07. The van der Waals surface area contributed by atoms with E-state index in [-0.39, 0.29) is 5.97 Å². The summed E-state index contributed by atoms with van der Waals surface area (Å²) in [5.74, 6) is -0.355. The van der Waals surface area contributed by atoms with Crippen molar-refractivity contribution >= 4 is 27.6 Å². The second-order valence-electron chi connectivity index (χ2n) is 4.67. The molecule has 1 aromatic carbocycles. The molecule has 0 unspecified atom stereocenters. The summed E-state index contributed by atoms with van der Waals surface area (Å²) in [6.07, 6.45) is 0. The minimum atomic E-state index is -0.355. The molecule has 0 fully saturated rings. The van der Waals surface area contributed by atoms with Crippen molar-refractivity contribution in [3.63, 3.8) is 0 Å². The minimum absolute atomic E-state index is 0.355. The molecule has 0 radical (unpaired) electrons. The molecule has 106 valence electrons. The molecule has 0 aliphatic rings. The number of aryl methyl sites for hydroxylation is 2. The standard InChI is InChI=1S/C15H17BrN2O2/c1-9-6-12(7-10(2)14(9)16)17-8-11-4-5-13(18-11)15(19)20-3/h4-7,17-18H,8H2,1-3H3. The van der Waals surface area contributed by atoms with E-state index in [2.05, 4.69) is 56.9 Å². The lowest BCUT2D eigenvalue weighted by Crippen LogP contribution is -2.04. The Morgan fingerprint density at radius 3 is 2.55 bits per heavy atom. The predicted molar refractivity (Wildman–Crippen MR) is 83.1 cm³/mol. The molecule has 4 nitrogen and oxygen atoms in total. The third-order valence-corrected chi connectivity index (χ3v) is 4.32. The van der Waals surface area contributed by atoms with Crippen molar-refractivity contribution in [2.24, 2.45) is 0 Å². The maximum absolute atomic E-state index is 11.3. The molecule has 20 heavy (non-hydrogen) atoms. The molecule has 2 aromatic rings. The Morgan fingerprint density at radius 2 is 1.95 bits per heavy atom. The van der Waals surface area contributed by atoms with Gasteiger partial charge in [0.2, 0.25) is 0 Å². The fourth-order valence-electron chi connectivity index (χ4n) is 2.02. The molecule has 0 aliphatic heterocycles. The van der Waals surface area contributed by atoms with Crippen molar-refractivity contribution in [1.29, 1.82) is 0 Å². The zero-order chi connectivity index (χ0) is 14.7. The van der Waals surface area contributed by atoms with Gasteiger partial charge in [0.15, 0.2) is 0 Å². The number of hydrogen-bond donors (Lipinski definition) is 2. The van der Waals surface area contributed by atoms with Gasteiger partial charge in [0.05, 0.1) is 13.7 Å². The molecule has 0 bridgehead atoms. The second kappa shape index (κ2) is 6.13. The molecule has 1 aromatic heterocycles. The smallest absolute Gasteiger partial charge is 0.354 e. The highest BCUT2D eigenvalue weighted by atomic mass is 79.9. The lowest BCUT2D eigenvalue weighted by molar-refractivity contribution is 0.0594. The van der Waals surface area contributed by atoms with Crippen LogP contribution in [-0.4, -0.2) is 18.1 Å². The summed E-state index contributed by atoms with van der Waals surface area (Å²) in [4.78, 5) is 14.4. The van der Waals surface area contributed by atoms with Crippen LogP contribution in [0.15, 0.2) is 28.7 Å². The number of carbonyl (C=O) groups is 1. The average molecular weight is 337 g/mol. The monoisotopic (exact) mass is 336 g/mol. The molecule has 1 heterocycles. The first-order chi connectivity index (χ1) is 9.51. The van der Waals surface area contributed by atoms with Crippen molar-refractivity contribution in [3.05, 3.63) is 51.3 Å². The minimum Gasteiger partial charge on any atom is -0.464 e. The van der Waals surface area contributed by atoms with Crippen molar-refractivity contribution in [2.75, 3.05) is 12.4 Å². The molecule has 0 spiro atoms. The number of ether oxygens (including phenoxy) is 1. The van der Waals surface area contributed by atoms with Gasteiger partial charge < -0.3 is 15.0 Å². The molecule has 0 amide bonds. The van der Waals surface area contributed by atoms with Gasteiger partial charge in [-0.2, -0.15) is 0 Å². The number of aromatic amines is 1. The number of carbonyl (C=O) groups excluding carboxylic acids is 1. The van der Waals surface area contributed by atoms with Gasteiger partial charge in [-0.05, 0) is 49.2 Å². The summed E-state index contributed by atoms with van der Waals surface area (Å²) in [7, 11) is 1.37.